The second-order valence-electron chi connectivity index (χ2n) is 9.73. The molecule has 0 radical (unpaired) electrons. The van der Waals surface area contributed by atoms with E-state index in [1.54, 1.807) is 19.3 Å². The molecule has 0 aliphatic carbocycles. The van der Waals surface area contributed by atoms with Gasteiger partial charge in [0.1, 0.15) is 33.9 Å². The zero-order chi connectivity index (χ0) is 28.0. The number of hydrogen-bond acceptors (Lipinski definition) is 9. The fourth-order valence-corrected chi connectivity index (χ4v) is 7.46. The first-order chi connectivity index (χ1) is 18.5. The summed E-state index contributed by atoms with van der Waals surface area (Å²) < 4.78 is 56.1. The van der Waals surface area contributed by atoms with Crippen LogP contribution in [0, 0.1) is 11.6 Å². The van der Waals surface area contributed by atoms with Crippen molar-refractivity contribution in [3.05, 3.63) is 83.7 Å². The van der Waals surface area contributed by atoms with Crippen molar-refractivity contribution in [2.45, 2.75) is 30.2 Å². The summed E-state index contributed by atoms with van der Waals surface area (Å²) >= 11 is 0. The van der Waals surface area contributed by atoms with Gasteiger partial charge in [-0.05, 0) is 43.7 Å². The lowest BCUT2D eigenvalue weighted by atomic mass is 9.78. The fraction of sp³-hybridized carbons (Fsp3) is 0.320. The highest BCUT2D eigenvalue weighted by atomic mass is 32.2. The number of nitrogens with one attached hydrogen (secondary N) is 1. The van der Waals surface area contributed by atoms with E-state index in [0.29, 0.717) is 13.1 Å². The molecule has 0 saturated carbocycles. The minimum absolute atomic E-state index is 0.0391. The molecule has 2 aromatic heterocycles. The number of benzene rings is 1. The van der Waals surface area contributed by atoms with Crippen molar-refractivity contribution >= 4 is 27.6 Å². The summed E-state index contributed by atoms with van der Waals surface area (Å²) in [5, 5.41) is 2.61. The number of likely N-dealkylation sites (tertiary alicyclic amines) is 1. The normalized spacial score (nSPS) is 24.5. The summed E-state index contributed by atoms with van der Waals surface area (Å²) in [5.41, 5.74) is 5.30. The van der Waals surface area contributed by atoms with Crippen molar-refractivity contribution in [3.63, 3.8) is 0 Å². The predicted octanol–water partition coefficient (Wildman–Crippen LogP) is 1.85. The topological polar surface area (TPSA) is 147 Å². The van der Waals surface area contributed by atoms with Gasteiger partial charge in [-0.1, -0.05) is 0 Å². The van der Waals surface area contributed by atoms with E-state index >= 15 is 4.39 Å². The summed E-state index contributed by atoms with van der Waals surface area (Å²) in [7, 11) is -2.80. The van der Waals surface area contributed by atoms with Gasteiger partial charge < -0.3 is 11.1 Å². The molecule has 11 nitrogen and oxygen atoms in total. The van der Waals surface area contributed by atoms with Crippen LogP contribution >= 0.6 is 0 Å². The lowest BCUT2D eigenvalue weighted by Gasteiger charge is -2.48. The van der Waals surface area contributed by atoms with Crippen LogP contribution in [0.5, 0.6) is 0 Å². The van der Waals surface area contributed by atoms with Crippen LogP contribution < -0.4 is 11.1 Å². The Morgan fingerprint density at radius 2 is 1.90 bits per heavy atom. The molecule has 1 fully saturated rings. The van der Waals surface area contributed by atoms with E-state index in [1.807, 2.05) is 4.90 Å². The van der Waals surface area contributed by atoms with Crippen molar-refractivity contribution in [1.29, 1.82) is 0 Å². The van der Waals surface area contributed by atoms with Crippen molar-refractivity contribution in [2.24, 2.45) is 10.7 Å². The maximum Gasteiger partial charge on any atom is 0.274 e. The van der Waals surface area contributed by atoms with Crippen LogP contribution in [0.25, 0.3) is 0 Å². The van der Waals surface area contributed by atoms with Gasteiger partial charge in [0.15, 0.2) is 0 Å². The average molecular weight is 557 g/mol. The standard InChI is InChI=1S/C25H26F2N8O3S/c1-24(19-9-18(4-5-20(19)27)32-22(36)21-6-3-17(26)12-31-21)25(39(37,38)34(2)23(28)33-24)7-8-35(14-25)13-16-10-29-15-30-11-16/h3-6,9-12,15H,7-8,13-14H2,1-2H3,(H2,28,33)(H,32,36)/t24-,25-/m1/s1. The molecule has 39 heavy (non-hydrogen) atoms. The number of rotatable bonds is 5. The first kappa shape index (κ1) is 26.6. The molecule has 5 rings (SSSR count). The van der Waals surface area contributed by atoms with E-state index in [4.69, 9.17) is 5.73 Å². The molecule has 1 spiro atoms. The highest BCUT2D eigenvalue weighted by molar-refractivity contribution is 7.91. The smallest absolute Gasteiger partial charge is 0.274 e. The summed E-state index contributed by atoms with van der Waals surface area (Å²) in [6, 6.07) is 6.13. The summed E-state index contributed by atoms with van der Waals surface area (Å²) in [6.07, 6.45) is 5.76. The fourth-order valence-electron chi connectivity index (χ4n) is 5.30. The second kappa shape index (κ2) is 9.61. The number of carbonyl (C=O) groups excluding carboxylic acids is 1. The van der Waals surface area contributed by atoms with Gasteiger partial charge in [0.05, 0.1) is 6.20 Å². The molecule has 1 saturated heterocycles. The second-order valence-corrected chi connectivity index (χ2v) is 12.0. The number of anilines is 1. The number of amides is 1. The number of aromatic nitrogens is 3. The molecule has 204 valence electrons. The largest absolute Gasteiger partial charge is 0.369 e. The van der Waals surface area contributed by atoms with Gasteiger partial charge in [0.25, 0.3) is 5.91 Å². The Hall–Kier alpha value is -4.04. The molecule has 14 heteroatoms. The maximum absolute atomic E-state index is 15.5. The number of aliphatic imine (C=N–C) groups is 1. The third-order valence-electron chi connectivity index (χ3n) is 7.44. The van der Waals surface area contributed by atoms with Gasteiger partial charge >= 0.3 is 0 Å². The van der Waals surface area contributed by atoms with E-state index in [1.165, 1.54) is 31.6 Å². The zero-order valence-corrected chi connectivity index (χ0v) is 22.0. The molecule has 1 amide bonds. The van der Waals surface area contributed by atoms with E-state index < -0.39 is 37.9 Å². The monoisotopic (exact) mass is 556 g/mol. The van der Waals surface area contributed by atoms with Gasteiger partial charge in [-0.3, -0.25) is 9.69 Å². The molecule has 3 N–H and O–H groups in total. The van der Waals surface area contributed by atoms with Crippen LogP contribution in [0.1, 0.15) is 35.0 Å². The minimum Gasteiger partial charge on any atom is -0.369 e. The van der Waals surface area contributed by atoms with Gasteiger partial charge in [-0.15, -0.1) is 0 Å². The van der Waals surface area contributed by atoms with E-state index in [9.17, 15) is 17.6 Å². The first-order valence-corrected chi connectivity index (χ1v) is 13.4. The van der Waals surface area contributed by atoms with Crippen molar-refractivity contribution in [3.8, 4) is 0 Å². The van der Waals surface area contributed by atoms with E-state index in [2.05, 4.69) is 25.3 Å². The zero-order valence-electron chi connectivity index (χ0n) is 21.2. The Kier molecular flexibility index (Phi) is 6.55. The highest BCUT2D eigenvalue weighted by Gasteiger charge is 2.66. The molecular formula is C25H26F2N8O3S. The van der Waals surface area contributed by atoms with E-state index in [0.717, 1.165) is 28.2 Å². The van der Waals surface area contributed by atoms with Crippen molar-refractivity contribution in [2.75, 3.05) is 25.5 Å². The molecule has 0 bridgehead atoms. The van der Waals surface area contributed by atoms with Crippen LogP contribution in [0.4, 0.5) is 14.5 Å². The number of carbonyl (C=O) groups is 1. The summed E-state index contributed by atoms with van der Waals surface area (Å²) in [5.74, 6) is -2.23. The third kappa shape index (κ3) is 4.38. The Balaban J connectivity index is 1.55. The molecule has 1 aromatic carbocycles. The quantitative estimate of drug-likeness (QED) is 0.484. The lowest BCUT2D eigenvalue weighted by molar-refractivity contribution is 0.102. The Morgan fingerprint density at radius 1 is 1.15 bits per heavy atom. The predicted molar refractivity (Wildman–Crippen MR) is 139 cm³/mol. The highest BCUT2D eigenvalue weighted by Crippen LogP contribution is 2.52. The summed E-state index contributed by atoms with van der Waals surface area (Å²) in [4.78, 5) is 31.0. The third-order valence-corrected chi connectivity index (χ3v) is 10.1. The van der Waals surface area contributed by atoms with Gasteiger partial charge in [-0.2, -0.15) is 0 Å². The van der Waals surface area contributed by atoms with E-state index in [-0.39, 0.29) is 35.9 Å². The number of nitrogens with zero attached hydrogens (tertiary/aromatic N) is 6. The number of pyridine rings is 1. The molecular weight excluding hydrogens is 530 g/mol. The van der Waals surface area contributed by atoms with Crippen LogP contribution in [-0.4, -0.2) is 69.3 Å². The first-order valence-electron chi connectivity index (χ1n) is 12.0. The van der Waals surface area contributed by atoms with Crippen LogP contribution in [0.2, 0.25) is 0 Å². The number of guanidine groups is 1. The Bertz CT molecular complexity index is 1560. The SMILES string of the molecule is CN1C(N)=N[C@](C)(c2cc(NC(=O)c3ccc(F)cn3)ccc2F)[C@]2(CCN(Cc3cncnc3)C2)S1(=O)=O. The van der Waals surface area contributed by atoms with Gasteiger partial charge in [0.2, 0.25) is 16.0 Å². The van der Waals surface area contributed by atoms with Crippen molar-refractivity contribution < 1.29 is 22.0 Å². The lowest BCUT2D eigenvalue weighted by Crippen LogP contribution is -2.66. The average Bonchev–Trinajstić information content (AvgIpc) is 3.35. The maximum atomic E-state index is 15.5. The van der Waals surface area contributed by atoms with Gasteiger partial charge in [-0.25, -0.2) is 41.4 Å². The molecule has 2 aliphatic heterocycles. The van der Waals surface area contributed by atoms with Gasteiger partial charge in [0, 0.05) is 55.9 Å². The number of nitrogens with two attached hydrogens (primary N) is 1. The number of hydrogen-bond donors (Lipinski definition) is 2. The van der Waals surface area contributed by atoms with Crippen LogP contribution in [0.3, 0.4) is 0 Å². The van der Waals surface area contributed by atoms with Crippen molar-refractivity contribution in [1.82, 2.24) is 24.2 Å². The Morgan fingerprint density at radius 3 is 2.59 bits per heavy atom. The molecule has 4 heterocycles. The molecule has 2 atom stereocenters. The summed E-state index contributed by atoms with van der Waals surface area (Å²) in [6.45, 7) is 2.37. The Labute approximate surface area is 223 Å². The molecule has 2 aliphatic rings. The van der Waals surface area contributed by atoms with Crippen LogP contribution in [0.15, 0.2) is 60.2 Å². The number of sulfonamides is 1. The molecule has 3 aromatic rings. The van der Waals surface area contributed by atoms with Crippen LogP contribution in [-0.2, 0) is 22.1 Å². The molecule has 0 unspecified atom stereocenters. The number of halogens is 2. The minimum atomic E-state index is -4.13.